The molecule has 0 aliphatic rings. The molecule has 0 aliphatic heterocycles. The first-order valence-corrected chi connectivity index (χ1v) is 5.38. The molecule has 2 nitrogen and oxygen atoms in total. The summed E-state index contributed by atoms with van der Waals surface area (Å²) in [5, 5.41) is 11.4. The van der Waals surface area contributed by atoms with Crippen LogP contribution in [0, 0.1) is 0 Å². The zero-order chi connectivity index (χ0) is 9.52. The van der Waals surface area contributed by atoms with Crippen molar-refractivity contribution in [1.29, 1.82) is 0 Å². The van der Waals surface area contributed by atoms with E-state index in [1.54, 1.807) is 0 Å². The van der Waals surface area contributed by atoms with Crippen LogP contribution < -0.4 is 5.32 Å². The Kier molecular flexibility index (Phi) is 4.90. The van der Waals surface area contributed by atoms with E-state index in [0.717, 1.165) is 12.3 Å². The Balaban J connectivity index is 2.48. The standard InChI is InChI=1S/C10H15NOS/c1-2-13-10-5-3-9(4-6-10)7-11-8-12/h3-6,11-12H,2,7-8H2,1H3. The second-order valence-corrected chi connectivity index (χ2v) is 4.00. The molecule has 0 saturated heterocycles. The maximum Gasteiger partial charge on any atom is 0.0934 e. The van der Waals surface area contributed by atoms with Gasteiger partial charge in [0, 0.05) is 11.4 Å². The van der Waals surface area contributed by atoms with Crippen molar-refractivity contribution in [1.82, 2.24) is 5.32 Å². The van der Waals surface area contributed by atoms with Gasteiger partial charge in [-0.15, -0.1) is 11.8 Å². The van der Waals surface area contributed by atoms with Crippen molar-refractivity contribution in [3.8, 4) is 0 Å². The summed E-state index contributed by atoms with van der Waals surface area (Å²) >= 11 is 1.84. The van der Waals surface area contributed by atoms with Crippen molar-refractivity contribution in [2.45, 2.75) is 18.4 Å². The summed E-state index contributed by atoms with van der Waals surface area (Å²) in [5.74, 6) is 1.11. The van der Waals surface area contributed by atoms with Gasteiger partial charge >= 0.3 is 0 Å². The largest absolute Gasteiger partial charge is 0.381 e. The molecular weight excluding hydrogens is 182 g/mol. The highest BCUT2D eigenvalue weighted by molar-refractivity contribution is 7.99. The lowest BCUT2D eigenvalue weighted by Crippen LogP contribution is -2.13. The van der Waals surface area contributed by atoms with Crippen LogP contribution in [0.2, 0.25) is 0 Å². The molecule has 0 radical (unpaired) electrons. The SMILES string of the molecule is CCSc1ccc(CNCO)cc1. The zero-order valence-corrected chi connectivity index (χ0v) is 8.60. The summed E-state index contributed by atoms with van der Waals surface area (Å²) < 4.78 is 0. The third-order valence-electron chi connectivity index (χ3n) is 1.68. The Hall–Kier alpha value is -0.510. The Bertz CT molecular complexity index is 235. The van der Waals surface area contributed by atoms with E-state index in [-0.39, 0.29) is 6.73 Å². The third kappa shape index (κ3) is 3.81. The van der Waals surface area contributed by atoms with Crippen molar-refractivity contribution < 1.29 is 5.11 Å². The number of aliphatic hydroxyl groups is 1. The number of hydrogen-bond acceptors (Lipinski definition) is 3. The fourth-order valence-electron chi connectivity index (χ4n) is 1.07. The Morgan fingerprint density at radius 3 is 2.54 bits per heavy atom. The molecule has 3 heteroatoms. The van der Waals surface area contributed by atoms with Crippen LogP contribution in [0.1, 0.15) is 12.5 Å². The summed E-state index contributed by atoms with van der Waals surface area (Å²) in [6.07, 6.45) is 0. The van der Waals surface area contributed by atoms with Gasteiger partial charge < -0.3 is 5.11 Å². The Morgan fingerprint density at radius 1 is 1.31 bits per heavy atom. The van der Waals surface area contributed by atoms with E-state index in [4.69, 9.17) is 5.11 Å². The average molecular weight is 197 g/mol. The normalized spacial score (nSPS) is 10.3. The molecule has 2 N–H and O–H groups in total. The maximum atomic E-state index is 8.55. The van der Waals surface area contributed by atoms with Crippen LogP contribution in [-0.4, -0.2) is 17.6 Å². The van der Waals surface area contributed by atoms with Gasteiger partial charge in [-0.3, -0.25) is 5.32 Å². The Morgan fingerprint density at radius 2 is 2.00 bits per heavy atom. The van der Waals surface area contributed by atoms with Crippen molar-refractivity contribution >= 4 is 11.8 Å². The molecule has 0 aromatic heterocycles. The van der Waals surface area contributed by atoms with Gasteiger partial charge in [0.2, 0.25) is 0 Å². The van der Waals surface area contributed by atoms with Crippen molar-refractivity contribution in [2.24, 2.45) is 0 Å². The number of hydrogen-bond donors (Lipinski definition) is 2. The van der Waals surface area contributed by atoms with Gasteiger partial charge in [0.25, 0.3) is 0 Å². The molecule has 0 fully saturated rings. The molecule has 1 aromatic rings. The fourth-order valence-corrected chi connectivity index (χ4v) is 1.73. The first-order chi connectivity index (χ1) is 6.36. The fraction of sp³-hybridized carbons (Fsp3) is 0.400. The predicted molar refractivity (Wildman–Crippen MR) is 56.8 cm³/mol. The van der Waals surface area contributed by atoms with Crippen LogP contribution >= 0.6 is 11.8 Å². The molecule has 1 aromatic carbocycles. The lowest BCUT2D eigenvalue weighted by molar-refractivity contribution is 0.259. The highest BCUT2D eigenvalue weighted by Crippen LogP contribution is 2.17. The quantitative estimate of drug-likeness (QED) is 0.558. The van der Waals surface area contributed by atoms with Crippen LogP contribution in [0.15, 0.2) is 29.2 Å². The smallest absolute Gasteiger partial charge is 0.0934 e. The maximum absolute atomic E-state index is 8.55. The van der Waals surface area contributed by atoms with E-state index in [0.29, 0.717) is 0 Å². The van der Waals surface area contributed by atoms with Crippen LogP contribution in [0.25, 0.3) is 0 Å². The molecule has 0 aliphatic carbocycles. The second-order valence-electron chi connectivity index (χ2n) is 2.66. The van der Waals surface area contributed by atoms with Gasteiger partial charge in [0.05, 0.1) is 6.73 Å². The highest BCUT2D eigenvalue weighted by Gasteiger charge is 1.93. The summed E-state index contributed by atoms with van der Waals surface area (Å²) in [4.78, 5) is 1.30. The van der Waals surface area contributed by atoms with Gasteiger partial charge in [-0.25, -0.2) is 0 Å². The molecule has 13 heavy (non-hydrogen) atoms. The molecule has 0 bridgehead atoms. The number of rotatable bonds is 5. The van der Waals surface area contributed by atoms with Gasteiger partial charge in [0.15, 0.2) is 0 Å². The van der Waals surface area contributed by atoms with Gasteiger partial charge in [-0.05, 0) is 23.4 Å². The first kappa shape index (κ1) is 10.6. The molecule has 0 amide bonds. The van der Waals surface area contributed by atoms with E-state index >= 15 is 0 Å². The third-order valence-corrected chi connectivity index (χ3v) is 2.57. The number of thioether (sulfide) groups is 1. The number of aliphatic hydroxyl groups excluding tert-OH is 1. The van der Waals surface area contributed by atoms with E-state index in [1.807, 2.05) is 11.8 Å². The minimum atomic E-state index is 0.0332. The van der Waals surface area contributed by atoms with Crippen LogP contribution in [0.5, 0.6) is 0 Å². The van der Waals surface area contributed by atoms with E-state index in [9.17, 15) is 0 Å². The van der Waals surface area contributed by atoms with Crippen molar-refractivity contribution in [3.63, 3.8) is 0 Å². The lowest BCUT2D eigenvalue weighted by Gasteiger charge is -2.02. The number of nitrogens with one attached hydrogen (secondary N) is 1. The first-order valence-electron chi connectivity index (χ1n) is 4.40. The van der Waals surface area contributed by atoms with Crippen molar-refractivity contribution in [3.05, 3.63) is 29.8 Å². The minimum absolute atomic E-state index is 0.0332. The molecule has 0 heterocycles. The molecule has 0 saturated carbocycles. The number of benzene rings is 1. The molecule has 0 unspecified atom stereocenters. The van der Waals surface area contributed by atoms with E-state index in [1.165, 1.54) is 10.5 Å². The second kappa shape index (κ2) is 6.02. The minimum Gasteiger partial charge on any atom is -0.381 e. The summed E-state index contributed by atoms with van der Waals surface area (Å²) in [5.41, 5.74) is 1.20. The monoisotopic (exact) mass is 197 g/mol. The molecule has 0 spiro atoms. The van der Waals surface area contributed by atoms with E-state index in [2.05, 4.69) is 36.5 Å². The van der Waals surface area contributed by atoms with E-state index < -0.39 is 0 Å². The Labute approximate surface area is 83.4 Å². The van der Waals surface area contributed by atoms with Gasteiger partial charge in [-0.2, -0.15) is 0 Å². The summed E-state index contributed by atoms with van der Waals surface area (Å²) in [6.45, 7) is 2.91. The molecule has 72 valence electrons. The topological polar surface area (TPSA) is 32.3 Å². The lowest BCUT2D eigenvalue weighted by atomic mass is 10.2. The summed E-state index contributed by atoms with van der Waals surface area (Å²) in [7, 11) is 0. The average Bonchev–Trinajstić information content (AvgIpc) is 2.17. The molecule has 0 atom stereocenters. The van der Waals surface area contributed by atoms with Crippen LogP contribution in [0.4, 0.5) is 0 Å². The van der Waals surface area contributed by atoms with Gasteiger partial charge in [0.1, 0.15) is 0 Å². The molecular formula is C10H15NOS. The summed E-state index contributed by atoms with van der Waals surface area (Å²) in [6, 6.07) is 8.40. The van der Waals surface area contributed by atoms with Crippen molar-refractivity contribution in [2.75, 3.05) is 12.5 Å². The molecule has 1 rings (SSSR count). The zero-order valence-electron chi connectivity index (χ0n) is 7.79. The predicted octanol–water partition coefficient (Wildman–Crippen LogP) is 1.84. The van der Waals surface area contributed by atoms with Gasteiger partial charge in [-0.1, -0.05) is 19.1 Å². The van der Waals surface area contributed by atoms with Crippen LogP contribution in [-0.2, 0) is 6.54 Å². The highest BCUT2D eigenvalue weighted by atomic mass is 32.2. The van der Waals surface area contributed by atoms with Crippen LogP contribution in [0.3, 0.4) is 0 Å².